The van der Waals surface area contributed by atoms with Crippen molar-refractivity contribution < 1.29 is 13.2 Å². The Kier molecular flexibility index (Phi) is 5.79. The summed E-state index contributed by atoms with van der Waals surface area (Å²) < 4.78 is 26.6. The van der Waals surface area contributed by atoms with Crippen molar-refractivity contribution in [1.82, 2.24) is 10.3 Å². The Labute approximate surface area is 162 Å². The summed E-state index contributed by atoms with van der Waals surface area (Å²) >= 11 is 0. The maximum Gasteiger partial charge on any atom is 0.251 e. The predicted molar refractivity (Wildman–Crippen MR) is 110 cm³/mol. The first-order valence-corrected chi connectivity index (χ1v) is 10.4. The number of carbonyl (C=O) groups excluding carboxylic acids is 1. The van der Waals surface area contributed by atoms with Crippen molar-refractivity contribution >= 4 is 32.5 Å². The molecule has 7 nitrogen and oxygen atoms in total. The second-order valence-electron chi connectivity index (χ2n) is 6.52. The number of para-hydroxylation sites is 1. The molecule has 0 saturated heterocycles. The first-order chi connectivity index (χ1) is 13.3. The van der Waals surface area contributed by atoms with Crippen LogP contribution in [0.2, 0.25) is 0 Å². The van der Waals surface area contributed by atoms with E-state index in [2.05, 4.69) is 15.0 Å². The van der Waals surface area contributed by atoms with Crippen LogP contribution in [-0.4, -0.2) is 31.6 Å². The average molecular weight is 399 g/mol. The van der Waals surface area contributed by atoms with Gasteiger partial charge >= 0.3 is 0 Å². The third-order valence-corrected chi connectivity index (χ3v) is 5.49. The van der Waals surface area contributed by atoms with E-state index in [4.69, 9.17) is 0 Å². The maximum atomic E-state index is 12.1. The second kappa shape index (κ2) is 8.26. The van der Waals surface area contributed by atoms with Crippen LogP contribution in [0.4, 0.5) is 5.69 Å². The summed E-state index contributed by atoms with van der Waals surface area (Å²) in [5, 5.41) is 3.47. The van der Waals surface area contributed by atoms with E-state index < -0.39 is 10.0 Å². The number of anilines is 1. The van der Waals surface area contributed by atoms with E-state index in [1.54, 1.807) is 55.5 Å². The molecule has 0 saturated carbocycles. The first-order valence-electron chi connectivity index (χ1n) is 8.77. The molecule has 2 aromatic carbocycles. The van der Waals surface area contributed by atoms with Gasteiger partial charge in [-0.15, -0.1) is 0 Å². The quantitative estimate of drug-likeness (QED) is 0.564. The largest absolute Gasteiger partial charge is 0.355 e. The van der Waals surface area contributed by atoms with Gasteiger partial charge in [0, 0.05) is 23.3 Å². The minimum absolute atomic E-state index is 0.0149. The van der Waals surface area contributed by atoms with Gasteiger partial charge in [-0.25, -0.2) is 8.42 Å². The number of amides is 1. The summed E-state index contributed by atoms with van der Waals surface area (Å²) in [6.07, 6.45) is 0.125. The highest BCUT2D eigenvalue weighted by atomic mass is 32.2. The number of nitrogens with one attached hydrogen (secondary N) is 3. The molecule has 1 heterocycles. The number of sulfonamides is 1. The summed E-state index contributed by atoms with van der Waals surface area (Å²) in [4.78, 5) is 26.5. The molecule has 3 N–H and O–H groups in total. The molecule has 3 rings (SSSR count). The van der Waals surface area contributed by atoms with Gasteiger partial charge in [0.1, 0.15) is 0 Å². The van der Waals surface area contributed by atoms with Crippen LogP contribution in [0.5, 0.6) is 0 Å². The molecule has 0 radical (unpaired) electrons. The number of H-pyrrole nitrogens is 1. The Morgan fingerprint density at radius 1 is 1.07 bits per heavy atom. The Morgan fingerprint density at radius 2 is 1.82 bits per heavy atom. The van der Waals surface area contributed by atoms with Gasteiger partial charge in [-0.3, -0.25) is 14.3 Å². The number of aromatic nitrogens is 1. The van der Waals surface area contributed by atoms with Crippen molar-refractivity contribution in [3.8, 4) is 0 Å². The summed E-state index contributed by atoms with van der Waals surface area (Å²) in [5.74, 6) is -0.485. The average Bonchev–Trinajstić information content (AvgIpc) is 2.63. The minimum Gasteiger partial charge on any atom is -0.355 e. The number of pyridine rings is 1. The van der Waals surface area contributed by atoms with E-state index in [0.29, 0.717) is 16.8 Å². The molecule has 8 heteroatoms. The topological polar surface area (TPSA) is 108 Å². The van der Waals surface area contributed by atoms with Crippen molar-refractivity contribution in [3.63, 3.8) is 0 Å². The van der Waals surface area contributed by atoms with E-state index in [1.165, 1.54) is 0 Å². The third-order valence-electron chi connectivity index (χ3n) is 4.20. The van der Waals surface area contributed by atoms with E-state index >= 15 is 0 Å². The fourth-order valence-electron chi connectivity index (χ4n) is 2.78. The van der Waals surface area contributed by atoms with Crippen molar-refractivity contribution in [2.75, 3.05) is 17.0 Å². The van der Waals surface area contributed by atoms with Crippen molar-refractivity contribution in [3.05, 3.63) is 76.1 Å². The van der Waals surface area contributed by atoms with Crippen LogP contribution in [0.25, 0.3) is 10.9 Å². The van der Waals surface area contributed by atoms with E-state index in [-0.39, 0.29) is 30.2 Å². The van der Waals surface area contributed by atoms with Gasteiger partial charge in [0.05, 0.1) is 12.2 Å². The molecule has 1 aromatic heterocycles. The minimum atomic E-state index is -3.54. The molecule has 3 aromatic rings. The molecule has 1 amide bonds. The summed E-state index contributed by atoms with van der Waals surface area (Å²) in [5.41, 5.74) is 2.44. The van der Waals surface area contributed by atoms with Gasteiger partial charge in [-0.1, -0.05) is 24.3 Å². The summed E-state index contributed by atoms with van der Waals surface area (Å²) in [6.45, 7) is 1.74. The predicted octanol–water partition coefficient (Wildman–Crippen LogP) is 1.94. The lowest BCUT2D eigenvalue weighted by Gasteiger charge is -2.09. The highest BCUT2D eigenvalue weighted by Gasteiger charge is 2.11. The molecule has 0 atom stereocenters. The van der Waals surface area contributed by atoms with Crippen molar-refractivity contribution in [1.29, 1.82) is 0 Å². The fraction of sp³-hybridized carbons (Fsp3) is 0.200. The maximum absolute atomic E-state index is 12.1. The van der Waals surface area contributed by atoms with Crippen LogP contribution in [0.15, 0.2) is 59.4 Å². The van der Waals surface area contributed by atoms with Crippen LogP contribution >= 0.6 is 0 Å². The molecule has 0 unspecified atom stereocenters. The van der Waals surface area contributed by atoms with Crippen LogP contribution in [-0.2, 0) is 21.2 Å². The smallest absolute Gasteiger partial charge is 0.251 e. The molecule has 0 aliphatic carbocycles. The molecule has 0 bridgehead atoms. The van der Waals surface area contributed by atoms with E-state index in [0.717, 1.165) is 10.9 Å². The van der Waals surface area contributed by atoms with Crippen LogP contribution in [0.3, 0.4) is 0 Å². The van der Waals surface area contributed by atoms with Crippen LogP contribution in [0.1, 0.15) is 11.1 Å². The van der Waals surface area contributed by atoms with Gasteiger partial charge in [-0.2, -0.15) is 0 Å². The molecular weight excluding hydrogens is 378 g/mol. The van der Waals surface area contributed by atoms with Gasteiger partial charge in [-0.05, 0) is 48.2 Å². The molecule has 0 aliphatic heterocycles. The number of aromatic amines is 1. The third kappa shape index (κ3) is 5.20. The number of benzene rings is 2. The van der Waals surface area contributed by atoms with E-state index in [1.807, 2.05) is 6.07 Å². The summed E-state index contributed by atoms with van der Waals surface area (Å²) in [7, 11) is -3.54. The van der Waals surface area contributed by atoms with Gasteiger partial charge in [0.25, 0.3) is 5.56 Å². The highest BCUT2D eigenvalue weighted by molar-refractivity contribution is 7.92. The lowest BCUT2D eigenvalue weighted by molar-refractivity contribution is -0.120. The molecule has 28 heavy (non-hydrogen) atoms. The Bertz CT molecular complexity index is 1160. The highest BCUT2D eigenvalue weighted by Crippen LogP contribution is 2.14. The molecule has 0 spiro atoms. The molecule has 0 aliphatic rings. The molecule has 146 valence electrons. The lowest BCUT2D eigenvalue weighted by atomic mass is 10.1. The molecule has 0 fully saturated rings. The van der Waals surface area contributed by atoms with Gasteiger partial charge in [0.2, 0.25) is 15.9 Å². The normalized spacial score (nSPS) is 11.3. The first kappa shape index (κ1) is 19.6. The number of aryl methyl sites for hydroxylation is 1. The number of hydrogen-bond acceptors (Lipinski definition) is 4. The zero-order valence-electron chi connectivity index (χ0n) is 15.4. The van der Waals surface area contributed by atoms with E-state index in [9.17, 15) is 18.0 Å². The van der Waals surface area contributed by atoms with Gasteiger partial charge < -0.3 is 10.3 Å². The summed E-state index contributed by atoms with van der Waals surface area (Å²) in [6, 6.07) is 15.7. The SMILES string of the molecule is Cc1cc2cc(CC(=O)NCCS(=O)(=O)Nc3ccccc3)ccc2[nH]c1=O. The second-order valence-corrected chi connectivity index (χ2v) is 8.36. The van der Waals surface area contributed by atoms with Crippen LogP contribution in [0, 0.1) is 6.92 Å². The zero-order chi connectivity index (χ0) is 20.1. The number of fused-ring (bicyclic) bond motifs is 1. The zero-order valence-corrected chi connectivity index (χ0v) is 16.2. The fourth-order valence-corrected chi connectivity index (χ4v) is 3.75. The van der Waals surface area contributed by atoms with Crippen molar-refractivity contribution in [2.24, 2.45) is 0 Å². The standard InChI is InChI=1S/C20H21N3O4S/c1-14-11-16-12-15(7-8-18(16)22-20(14)25)13-19(24)21-9-10-28(26,27)23-17-5-3-2-4-6-17/h2-8,11-12,23H,9-10,13H2,1H3,(H,21,24)(H,22,25). The number of hydrogen-bond donors (Lipinski definition) is 3. The van der Waals surface area contributed by atoms with Crippen molar-refractivity contribution in [2.45, 2.75) is 13.3 Å². The Balaban J connectivity index is 1.55. The molecular formula is C20H21N3O4S. The Morgan fingerprint density at radius 3 is 2.57 bits per heavy atom. The number of carbonyl (C=O) groups is 1. The lowest BCUT2D eigenvalue weighted by Crippen LogP contribution is -2.32. The monoisotopic (exact) mass is 399 g/mol. The Hall–Kier alpha value is -3.13. The number of rotatable bonds is 7. The van der Waals surface area contributed by atoms with Gasteiger partial charge in [0.15, 0.2) is 0 Å². The van der Waals surface area contributed by atoms with Crippen LogP contribution < -0.4 is 15.6 Å².